The van der Waals surface area contributed by atoms with Crippen LogP contribution in [0.25, 0.3) is 0 Å². The van der Waals surface area contributed by atoms with E-state index in [2.05, 4.69) is 18.1 Å². The Morgan fingerprint density at radius 2 is 1.70 bits per heavy atom. The fourth-order valence-electron chi connectivity index (χ4n) is 9.12. The van der Waals surface area contributed by atoms with Crippen molar-refractivity contribution in [3.63, 3.8) is 0 Å². The lowest BCUT2D eigenvalue weighted by atomic mass is 9.51. The molecule has 0 spiro atoms. The molecular weight excluding hydrogens is 370 g/mol. The van der Waals surface area contributed by atoms with Crippen LogP contribution in [0, 0.1) is 64.1 Å². The van der Waals surface area contributed by atoms with E-state index in [0.29, 0.717) is 5.56 Å². The van der Waals surface area contributed by atoms with Gasteiger partial charge in [0.25, 0.3) is 0 Å². The first-order valence-electron chi connectivity index (χ1n) is 12.7. The van der Waals surface area contributed by atoms with E-state index in [4.69, 9.17) is 10.00 Å². The van der Waals surface area contributed by atoms with Gasteiger partial charge in [-0.15, -0.1) is 0 Å². The van der Waals surface area contributed by atoms with Gasteiger partial charge < -0.3 is 4.74 Å². The minimum absolute atomic E-state index is 0.252. The lowest BCUT2D eigenvalue weighted by Crippen LogP contribution is -2.54. The molecule has 8 atom stereocenters. The van der Waals surface area contributed by atoms with Gasteiger partial charge in [0.05, 0.1) is 31.5 Å². The van der Waals surface area contributed by atoms with E-state index < -0.39 is 0 Å². The van der Waals surface area contributed by atoms with Crippen LogP contribution in [0.1, 0.15) is 70.3 Å². The van der Waals surface area contributed by atoms with Gasteiger partial charge in [0.1, 0.15) is 6.07 Å². The summed E-state index contributed by atoms with van der Waals surface area (Å²) in [6, 6.07) is 2.23. The van der Waals surface area contributed by atoms with E-state index in [1.54, 1.807) is 6.20 Å². The molecule has 4 heteroatoms. The molecule has 0 N–H and O–H groups in total. The molecule has 0 aromatic carbocycles. The van der Waals surface area contributed by atoms with Gasteiger partial charge in [-0.2, -0.15) is 10.4 Å². The van der Waals surface area contributed by atoms with Crippen molar-refractivity contribution in [1.82, 2.24) is 9.78 Å². The summed E-state index contributed by atoms with van der Waals surface area (Å²) < 4.78 is 7.84. The van der Waals surface area contributed by atoms with Crippen LogP contribution in [0.3, 0.4) is 0 Å². The minimum atomic E-state index is 0.252. The van der Waals surface area contributed by atoms with Gasteiger partial charge in [0.2, 0.25) is 0 Å². The van der Waals surface area contributed by atoms with Gasteiger partial charge in [-0.05, 0) is 98.7 Å². The molecule has 1 aliphatic heterocycles. The molecule has 5 aliphatic rings. The summed E-state index contributed by atoms with van der Waals surface area (Å²) >= 11 is 0. The highest BCUT2D eigenvalue weighted by Crippen LogP contribution is 2.62. The number of hydrogen-bond donors (Lipinski definition) is 0. The molecule has 4 aliphatic carbocycles. The standard InChI is InChI=1S/C26H37N3O/c1-17-2-4-20-19(10-17)3-5-22-21(20)6-7-24-23(22)8-9-25(24)26(15-30-16-26)14-29-13-18(11-27)12-28-29/h12-13,17,19-25H,2-10,14-16H2,1H3/t17?,19?,20?,21?,22?,23-,24?,25?/m0/s1. The lowest BCUT2D eigenvalue weighted by Gasteiger charge is -2.55. The SMILES string of the molecule is CC1CCC2C(CCC3C2CCC2C(C4(Cn5cc(C#N)cn5)COC4)CC[C@@H]32)C1. The molecule has 0 bridgehead atoms. The highest BCUT2D eigenvalue weighted by Gasteiger charge is 2.57. The number of nitrogens with zero attached hydrogens (tertiary/aromatic N) is 3. The second-order valence-electron chi connectivity index (χ2n) is 11.7. The second-order valence-corrected chi connectivity index (χ2v) is 11.7. The van der Waals surface area contributed by atoms with Crippen LogP contribution in [0.15, 0.2) is 12.4 Å². The van der Waals surface area contributed by atoms with Crippen molar-refractivity contribution in [2.24, 2.45) is 52.8 Å². The third-order valence-electron chi connectivity index (χ3n) is 10.3. The van der Waals surface area contributed by atoms with E-state index in [0.717, 1.165) is 67.1 Å². The largest absolute Gasteiger partial charge is 0.380 e. The maximum atomic E-state index is 9.17. The van der Waals surface area contributed by atoms with Gasteiger partial charge in [-0.3, -0.25) is 4.68 Å². The van der Waals surface area contributed by atoms with Crippen molar-refractivity contribution in [3.05, 3.63) is 18.0 Å². The smallest absolute Gasteiger partial charge is 0.102 e. The normalized spacial score (nSPS) is 44.3. The minimum Gasteiger partial charge on any atom is -0.380 e. The molecule has 4 nitrogen and oxygen atoms in total. The third-order valence-corrected chi connectivity index (χ3v) is 10.3. The number of rotatable bonds is 3. The topological polar surface area (TPSA) is 50.8 Å². The molecule has 5 fully saturated rings. The maximum absolute atomic E-state index is 9.17. The van der Waals surface area contributed by atoms with Crippen molar-refractivity contribution in [1.29, 1.82) is 5.26 Å². The Hall–Kier alpha value is -1.34. The lowest BCUT2D eigenvalue weighted by molar-refractivity contribution is -0.171. The van der Waals surface area contributed by atoms with Crippen LogP contribution in [0.5, 0.6) is 0 Å². The monoisotopic (exact) mass is 407 g/mol. The average molecular weight is 408 g/mol. The van der Waals surface area contributed by atoms with Crippen LogP contribution in [-0.4, -0.2) is 23.0 Å². The second kappa shape index (κ2) is 7.37. The van der Waals surface area contributed by atoms with Crippen molar-refractivity contribution < 1.29 is 4.74 Å². The summed E-state index contributed by atoms with van der Waals surface area (Å²) in [4.78, 5) is 0. The zero-order chi connectivity index (χ0) is 20.3. The average Bonchev–Trinajstić information content (AvgIpc) is 3.37. The number of nitriles is 1. The first-order valence-corrected chi connectivity index (χ1v) is 12.7. The molecule has 2 heterocycles. The Balaban J connectivity index is 1.19. The predicted molar refractivity (Wildman–Crippen MR) is 115 cm³/mol. The Bertz CT molecular complexity index is 820. The van der Waals surface area contributed by atoms with E-state index in [9.17, 15) is 0 Å². The summed E-state index contributed by atoms with van der Waals surface area (Å²) in [5.41, 5.74) is 0.927. The summed E-state index contributed by atoms with van der Waals surface area (Å²) in [6.07, 6.45) is 17.0. The Labute approximate surface area is 181 Å². The molecule has 1 saturated heterocycles. The third kappa shape index (κ3) is 2.99. The van der Waals surface area contributed by atoms with E-state index in [1.807, 2.05) is 10.9 Å². The van der Waals surface area contributed by atoms with Gasteiger partial charge in [-0.1, -0.05) is 13.3 Å². The molecule has 6 rings (SSSR count). The fourth-order valence-corrected chi connectivity index (χ4v) is 9.12. The van der Waals surface area contributed by atoms with Gasteiger partial charge in [-0.25, -0.2) is 0 Å². The van der Waals surface area contributed by atoms with Crippen LogP contribution >= 0.6 is 0 Å². The van der Waals surface area contributed by atoms with Gasteiger partial charge >= 0.3 is 0 Å². The van der Waals surface area contributed by atoms with E-state index in [-0.39, 0.29) is 5.41 Å². The Kier molecular flexibility index (Phi) is 4.75. The maximum Gasteiger partial charge on any atom is 0.102 e. The highest BCUT2D eigenvalue weighted by atomic mass is 16.5. The zero-order valence-electron chi connectivity index (χ0n) is 18.5. The molecule has 162 valence electrons. The summed E-state index contributed by atoms with van der Waals surface area (Å²) in [5.74, 6) is 7.77. The Morgan fingerprint density at radius 3 is 2.47 bits per heavy atom. The van der Waals surface area contributed by atoms with Crippen LogP contribution in [0.4, 0.5) is 0 Å². The number of hydrogen-bond acceptors (Lipinski definition) is 3. The van der Waals surface area contributed by atoms with Crippen molar-refractivity contribution in [2.45, 2.75) is 71.3 Å². The van der Waals surface area contributed by atoms with E-state index >= 15 is 0 Å². The molecular formula is C26H37N3O. The number of ether oxygens (including phenoxy) is 1. The molecule has 0 radical (unpaired) electrons. The highest BCUT2D eigenvalue weighted by molar-refractivity contribution is 5.21. The predicted octanol–water partition coefficient (Wildman–Crippen LogP) is 5.29. The Morgan fingerprint density at radius 1 is 1.00 bits per heavy atom. The van der Waals surface area contributed by atoms with E-state index in [1.165, 1.54) is 57.8 Å². The first kappa shape index (κ1) is 19.4. The number of aromatic nitrogens is 2. The molecule has 7 unspecified atom stereocenters. The summed E-state index contributed by atoms with van der Waals surface area (Å²) in [5, 5.41) is 13.6. The summed E-state index contributed by atoms with van der Waals surface area (Å²) in [6.45, 7) is 5.19. The molecule has 30 heavy (non-hydrogen) atoms. The van der Waals surface area contributed by atoms with Crippen molar-refractivity contribution in [2.75, 3.05) is 13.2 Å². The zero-order valence-corrected chi connectivity index (χ0v) is 18.5. The first-order chi connectivity index (χ1) is 14.7. The quantitative estimate of drug-likeness (QED) is 0.684. The van der Waals surface area contributed by atoms with Crippen LogP contribution < -0.4 is 0 Å². The van der Waals surface area contributed by atoms with Gasteiger partial charge in [0.15, 0.2) is 0 Å². The molecule has 1 aromatic rings. The van der Waals surface area contributed by atoms with Crippen molar-refractivity contribution in [3.8, 4) is 6.07 Å². The number of fused-ring (bicyclic) bond motifs is 5. The molecule has 4 saturated carbocycles. The molecule has 1 aromatic heterocycles. The fraction of sp³-hybridized carbons (Fsp3) is 0.846. The van der Waals surface area contributed by atoms with Crippen LogP contribution in [-0.2, 0) is 11.3 Å². The summed E-state index contributed by atoms with van der Waals surface area (Å²) in [7, 11) is 0. The van der Waals surface area contributed by atoms with Gasteiger partial charge in [0, 0.05) is 11.6 Å². The van der Waals surface area contributed by atoms with Crippen LogP contribution in [0.2, 0.25) is 0 Å². The van der Waals surface area contributed by atoms with Crippen molar-refractivity contribution >= 4 is 0 Å². The molecule has 0 amide bonds.